The van der Waals surface area contributed by atoms with Gasteiger partial charge in [-0.2, -0.15) is 0 Å². The van der Waals surface area contributed by atoms with Gasteiger partial charge < -0.3 is 10.8 Å². The van der Waals surface area contributed by atoms with Crippen molar-refractivity contribution in [3.05, 3.63) is 33.9 Å². The molecule has 6 nitrogen and oxygen atoms in total. The number of rotatable bonds is 3. The van der Waals surface area contributed by atoms with Crippen molar-refractivity contribution in [1.29, 1.82) is 0 Å². The number of Topliss-reactive ketones (excluding diaryl/α,β-unsaturated/α-hetero) is 1. The minimum atomic E-state index is -0.656. The number of phenolic OH excluding ortho intramolecular Hbond substituents is 1. The summed E-state index contributed by atoms with van der Waals surface area (Å²) in [5.74, 6) is -0.882. The fourth-order valence-corrected chi connectivity index (χ4v) is 0.979. The largest absolute Gasteiger partial charge is 0.507 e. The Labute approximate surface area is 79.1 Å². The molecular formula is C8H8N2O4. The highest BCUT2D eigenvalue weighted by Gasteiger charge is 2.13. The molecule has 14 heavy (non-hydrogen) atoms. The van der Waals surface area contributed by atoms with E-state index >= 15 is 0 Å². The van der Waals surface area contributed by atoms with Crippen LogP contribution in [0.25, 0.3) is 0 Å². The smallest absolute Gasteiger partial charge is 0.273 e. The standard InChI is InChI=1S/C8H8N2O4/c9-4-8(12)6-2-1-5(10(13)14)3-7(6)11/h1-3,11H,4,9H2. The fourth-order valence-electron chi connectivity index (χ4n) is 0.979. The second kappa shape index (κ2) is 3.84. The summed E-state index contributed by atoms with van der Waals surface area (Å²) in [6.45, 7) is -0.245. The lowest BCUT2D eigenvalue weighted by Gasteiger charge is -2.00. The molecule has 0 atom stereocenters. The Morgan fingerprint density at radius 2 is 2.21 bits per heavy atom. The van der Waals surface area contributed by atoms with Gasteiger partial charge in [0.05, 0.1) is 23.1 Å². The van der Waals surface area contributed by atoms with Gasteiger partial charge in [-0.15, -0.1) is 0 Å². The minimum Gasteiger partial charge on any atom is -0.507 e. The van der Waals surface area contributed by atoms with Crippen LogP contribution >= 0.6 is 0 Å². The van der Waals surface area contributed by atoms with Crippen molar-refractivity contribution in [2.24, 2.45) is 5.73 Å². The molecule has 1 aromatic rings. The number of nitrogens with zero attached hydrogens (tertiary/aromatic N) is 1. The third-order valence-electron chi connectivity index (χ3n) is 1.68. The number of non-ortho nitro benzene ring substituents is 1. The molecule has 74 valence electrons. The first-order valence-corrected chi connectivity index (χ1v) is 3.77. The highest BCUT2D eigenvalue weighted by Crippen LogP contribution is 2.23. The maximum atomic E-state index is 11.1. The minimum absolute atomic E-state index is 0.00176. The monoisotopic (exact) mass is 196 g/mol. The molecule has 1 aromatic carbocycles. The molecule has 0 unspecified atom stereocenters. The summed E-state index contributed by atoms with van der Waals surface area (Å²) in [5.41, 5.74) is 4.81. The maximum Gasteiger partial charge on any atom is 0.273 e. The lowest BCUT2D eigenvalue weighted by atomic mass is 10.1. The second-order valence-electron chi connectivity index (χ2n) is 2.59. The molecule has 0 bridgehead atoms. The van der Waals surface area contributed by atoms with Gasteiger partial charge in [0.2, 0.25) is 0 Å². The zero-order chi connectivity index (χ0) is 10.7. The van der Waals surface area contributed by atoms with E-state index in [4.69, 9.17) is 5.73 Å². The van der Waals surface area contributed by atoms with Crippen LogP contribution in [-0.2, 0) is 0 Å². The summed E-state index contributed by atoms with van der Waals surface area (Å²) in [6, 6.07) is 3.24. The number of carbonyl (C=O) groups excluding carboxylic acids is 1. The summed E-state index contributed by atoms with van der Waals surface area (Å²) >= 11 is 0. The summed E-state index contributed by atoms with van der Waals surface area (Å²) in [5, 5.41) is 19.5. The van der Waals surface area contributed by atoms with E-state index in [1.165, 1.54) is 6.07 Å². The number of nitro benzene ring substituents is 1. The van der Waals surface area contributed by atoms with Gasteiger partial charge in [-0.25, -0.2) is 0 Å². The maximum absolute atomic E-state index is 11.1. The zero-order valence-electron chi connectivity index (χ0n) is 7.14. The molecule has 0 saturated heterocycles. The molecule has 0 heterocycles. The number of benzene rings is 1. The van der Waals surface area contributed by atoms with Gasteiger partial charge >= 0.3 is 0 Å². The number of hydrogen-bond donors (Lipinski definition) is 2. The van der Waals surface area contributed by atoms with Gasteiger partial charge in [0, 0.05) is 6.07 Å². The number of aromatic hydroxyl groups is 1. The predicted molar refractivity (Wildman–Crippen MR) is 48.1 cm³/mol. The summed E-state index contributed by atoms with van der Waals surface area (Å²) in [6.07, 6.45) is 0. The van der Waals surface area contributed by atoms with Crippen LogP contribution < -0.4 is 5.73 Å². The SMILES string of the molecule is NCC(=O)c1ccc([N+](=O)[O-])cc1O. The zero-order valence-corrected chi connectivity index (χ0v) is 7.14. The molecule has 3 N–H and O–H groups in total. The van der Waals surface area contributed by atoms with Gasteiger partial charge in [0.25, 0.3) is 5.69 Å². The molecule has 0 spiro atoms. The molecular weight excluding hydrogens is 188 g/mol. The fraction of sp³-hybridized carbons (Fsp3) is 0.125. The Hall–Kier alpha value is -1.95. The molecule has 0 amide bonds. The Morgan fingerprint density at radius 3 is 2.64 bits per heavy atom. The third kappa shape index (κ3) is 1.86. The van der Waals surface area contributed by atoms with Crippen LogP contribution in [0.15, 0.2) is 18.2 Å². The summed E-state index contributed by atoms with van der Waals surface area (Å²) < 4.78 is 0. The lowest BCUT2D eigenvalue weighted by Crippen LogP contribution is -2.13. The van der Waals surface area contributed by atoms with Crippen molar-refractivity contribution in [1.82, 2.24) is 0 Å². The molecule has 0 radical (unpaired) electrons. The van der Waals surface area contributed by atoms with Crippen LogP contribution in [0.4, 0.5) is 5.69 Å². The van der Waals surface area contributed by atoms with E-state index in [9.17, 15) is 20.0 Å². The van der Waals surface area contributed by atoms with E-state index < -0.39 is 16.5 Å². The van der Waals surface area contributed by atoms with Crippen molar-refractivity contribution in [2.45, 2.75) is 0 Å². The van der Waals surface area contributed by atoms with E-state index in [1.807, 2.05) is 0 Å². The molecule has 0 aliphatic carbocycles. The number of ketones is 1. The van der Waals surface area contributed by atoms with E-state index in [1.54, 1.807) is 0 Å². The topological polar surface area (TPSA) is 106 Å². The molecule has 0 aromatic heterocycles. The Morgan fingerprint density at radius 1 is 1.57 bits per heavy atom. The van der Waals surface area contributed by atoms with Crippen LogP contribution in [-0.4, -0.2) is 22.4 Å². The van der Waals surface area contributed by atoms with Crippen LogP contribution in [0.3, 0.4) is 0 Å². The normalized spacial score (nSPS) is 9.79. The first kappa shape index (κ1) is 10.1. The second-order valence-corrected chi connectivity index (χ2v) is 2.59. The average Bonchev–Trinajstić information content (AvgIpc) is 2.16. The summed E-state index contributed by atoms with van der Waals surface area (Å²) in [7, 11) is 0. The van der Waals surface area contributed by atoms with E-state index in [0.717, 1.165) is 12.1 Å². The number of nitro groups is 1. The first-order valence-electron chi connectivity index (χ1n) is 3.77. The van der Waals surface area contributed by atoms with Crippen molar-refractivity contribution >= 4 is 11.5 Å². The number of carbonyl (C=O) groups is 1. The quantitative estimate of drug-likeness (QED) is 0.414. The van der Waals surface area contributed by atoms with Gasteiger partial charge in [-0.1, -0.05) is 0 Å². The van der Waals surface area contributed by atoms with Crippen LogP contribution in [0.1, 0.15) is 10.4 Å². The van der Waals surface area contributed by atoms with E-state index in [2.05, 4.69) is 0 Å². The average molecular weight is 196 g/mol. The van der Waals surface area contributed by atoms with E-state index in [0.29, 0.717) is 0 Å². The van der Waals surface area contributed by atoms with Crippen molar-refractivity contribution in [3.8, 4) is 5.75 Å². The van der Waals surface area contributed by atoms with Gasteiger partial charge in [-0.3, -0.25) is 14.9 Å². The molecule has 1 rings (SSSR count). The van der Waals surface area contributed by atoms with Gasteiger partial charge in [-0.05, 0) is 6.07 Å². The molecule has 0 saturated carbocycles. The van der Waals surface area contributed by atoms with Crippen molar-refractivity contribution in [2.75, 3.05) is 6.54 Å². The number of phenols is 1. The number of nitrogens with two attached hydrogens (primary N) is 1. The molecule has 0 aliphatic rings. The van der Waals surface area contributed by atoms with Crippen molar-refractivity contribution < 1.29 is 14.8 Å². The first-order chi connectivity index (χ1) is 6.56. The lowest BCUT2D eigenvalue weighted by molar-refractivity contribution is -0.384. The van der Waals surface area contributed by atoms with Crippen LogP contribution in [0, 0.1) is 10.1 Å². The highest BCUT2D eigenvalue weighted by molar-refractivity contribution is 6.00. The molecule has 6 heteroatoms. The van der Waals surface area contributed by atoms with Crippen molar-refractivity contribution in [3.63, 3.8) is 0 Å². The predicted octanol–water partition coefficient (Wildman–Crippen LogP) is 0.442. The van der Waals surface area contributed by atoms with Gasteiger partial charge in [0.15, 0.2) is 5.78 Å². The third-order valence-corrected chi connectivity index (χ3v) is 1.68. The number of hydrogen-bond acceptors (Lipinski definition) is 5. The Bertz CT molecular complexity index is 389. The Balaban J connectivity index is 3.14. The van der Waals surface area contributed by atoms with Crippen LogP contribution in [0.5, 0.6) is 5.75 Å². The van der Waals surface area contributed by atoms with E-state index in [-0.39, 0.29) is 17.8 Å². The molecule has 0 fully saturated rings. The van der Waals surface area contributed by atoms with Gasteiger partial charge in [0.1, 0.15) is 5.75 Å². The molecule has 0 aliphatic heterocycles. The highest BCUT2D eigenvalue weighted by atomic mass is 16.6. The Kier molecular flexibility index (Phi) is 2.78. The summed E-state index contributed by atoms with van der Waals surface area (Å²) in [4.78, 5) is 20.7. The van der Waals surface area contributed by atoms with Crippen LogP contribution in [0.2, 0.25) is 0 Å².